The number of hydrogen-bond acceptors (Lipinski definition) is 4. The Balaban J connectivity index is 2.08. The third-order valence-corrected chi connectivity index (χ3v) is 3.51. The second kappa shape index (κ2) is 5.99. The number of hydrogen-bond donors (Lipinski definition) is 2. The quantitative estimate of drug-likeness (QED) is 0.903. The minimum absolute atomic E-state index is 0.0593. The molecule has 22 heavy (non-hydrogen) atoms. The lowest BCUT2D eigenvalue weighted by Gasteiger charge is -2.24. The standard InChI is InChI=1S/C17H16N2O3/c18-16(21)15-13-7-6-11(8-9-20)10-14(13)19-17(22-15)12-4-2-1-3-5-12/h1-7,10,15,20H,8-9H2,(H2,18,21). The van der Waals surface area contributed by atoms with E-state index in [4.69, 9.17) is 15.6 Å². The first-order valence-electron chi connectivity index (χ1n) is 7.03. The van der Waals surface area contributed by atoms with Gasteiger partial charge in [0.15, 0.2) is 0 Å². The third-order valence-electron chi connectivity index (χ3n) is 3.51. The summed E-state index contributed by atoms with van der Waals surface area (Å²) in [4.78, 5) is 16.2. The van der Waals surface area contributed by atoms with E-state index in [1.165, 1.54) is 0 Å². The Morgan fingerprint density at radius 1 is 1.23 bits per heavy atom. The van der Waals surface area contributed by atoms with Crippen LogP contribution in [0.25, 0.3) is 0 Å². The molecule has 0 aromatic heterocycles. The van der Waals surface area contributed by atoms with Gasteiger partial charge in [-0.15, -0.1) is 0 Å². The average Bonchev–Trinajstić information content (AvgIpc) is 2.54. The Labute approximate surface area is 128 Å². The van der Waals surface area contributed by atoms with Gasteiger partial charge in [0.05, 0.1) is 5.69 Å². The van der Waals surface area contributed by atoms with Crippen molar-refractivity contribution in [1.29, 1.82) is 0 Å². The van der Waals surface area contributed by atoms with Crippen LogP contribution in [-0.4, -0.2) is 23.5 Å². The molecule has 1 amide bonds. The highest BCUT2D eigenvalue weighted by Crippen LogP contribution is 2.35. The fourth-order valence-electron chi connectivity index (χ4n) is 2.43. The van der Waals surface area contributed by atoms with Crippen LogP contribution in [0.3, 0.4) is 0 Å². The van der Waals surface area contributed by atoms with Gasteiger partial charge in [-0.05, 0) is 30.2 Å². The van der Waals surface area contributed by atoms with Gasteiger partial charge in [0.25, 0.3) is 5.91 Å². The van der Waals surface area contributed by atoms with E-state index in [-0.39, 0.29) is 6.61 Å². The van der Waals surface area contributed by atoms with Crippen LogP contribution in [0.15, 0.2) is 53.5 Å². The van der Waals surface area contributed by atoms with E-state index in [2.05, 4.69) is 4.99 Å². The van der Waals surface area contributed by atoms with Gasteiger partial charge in [-0.25, -0.2) is 4.99 Å². The van der Waals surface area contributed by atoms with Gasteiger partial charge in [0.2, 0.25) is 12.0 Å². The highest BCUT2D eigenvalue weighted by molar-refractivity contribution is 6.00. The third kappa shape index (κ3) is 2.71. The number of benzene rings is 2. The summed E-state index contributed by atoms with van der Waals surface area (Å²) < 4.78 is 5.69. The largest absolute Gasteiger partial charge is 0.459 e. The molecule has 5 nitrogen and oxygen atoms in total. The van der Waals surface area contributed by atoms with Crippen LogP contribution in [0, 0.1) is 0 Å². The van der Waals surface area contributed by atoms with E-state index in [0.29, 0.717) is 23.6 Å². The highest BCUT2D eigenvalue weighted by atomic mass is 16.5. The van der Waals surface area contributed by atoms with Crippen LogP contribution in [0.4, 0.5) is 5.69 Å². The molecule has 1 heterocycles. The molecular weight excluding hydrogens is 280 g/mol. The second-order valence-corrected chi connectivity index (χ2v) is 5.05. The maximum Gasteiger partial charge on any atom is 0.263 e. The number of amides is 1. The van der Waals surface area contributed by atoms with Gasteiger partial charge >= 0.3 is 0 Å². The van der Waals surface area contributed by atoms with E-state index in [0.717, 1.165) is 11.1 Å². The summed E-state index contributed by atoms with van der Waals surface area (Å²) in [5, 5.41) is 9.06. The van der Waals surface area contributed by atoms with Crippen molar-refractivity contribution in [1.82, 2.24) is 0 Å². The molecule has 0 spiro atoms. The number of primary amides is 1. The first kappa shape index (κ1) is 14.3. The number of aliphatic hydroxyl groups excluding tert-OH is 1. The molecule has 1 atom stereocenters. The average molecular weight is 296 g/mol. The summed E-state index contributed by atoms with van der Waals surface area (Å²) in [6.45, 7) is 0.0593. The summed E-state index contributed by atoms with van der Waals surface area (Å²) in [7, 11) is 0. The van der Waals surface area contributed by atoms with Crippen LogP contribution in [0.1, 0.15) is 22.8 Å². The number of ether oxygens (including phenoxy) is 1. The number of aliphatic imine (C=N–C) groups is 1. The van der Waals surface area contributed by atoms with Crippen molar-refractivity contribution in [2.45, 2.75) is 12.5 Å². The summed E-state index contributed by atoms with van der Waals surface area (Å²) >= 11 is 0. The number of carbonyl (C=O) groups is 1. The van der Waals surface area contributed by atoms with Crippen molar-refractivity contribution >= 4 is 17.5 Å². The fourth-order valence-corrected chi connectivity index (χ4v) is 2.43. The fraction of sp³-hybridized carbons (Fsp3) is 0.176. The Kier molecular flexibility index (Phi) is 3.89. The monoisotopic (exact) mass is 296 g/mol. The predicted octanol–water partition coefficient (Wildman–Crippen LogP) is 1.86. The topological polar surface area (TPSA) is 84.9 Å². The normalized spacial score (nSPS) is 16.4. The molecule has 3 N–H and O–H groups in total. The zero-order valence-electron chi connectivity index (χ0n) is 11.9. The summed E-state index contributed by atoms with van der Waals surface area (Å²) in [5.74, 6) is -0.183. The number of carbonyl (C=O) groups excluding carboxylic acids is 1. The Bertz CT molecular complexity index is 726. The number of fused-ring (bicyclic) bond motifs is 1. The molecule has 2 aromatic carbocycles. The summed E-state index contributed by atoms with van der Waals surface area (Å²) in [5.41, 5.74) is 8.49. The zero-order chi connectivity index (χ0) is 15.5. The van der Waals surface area contributed by atoms with Crippen molar-refractivity contribution in [3.63, 3.8) is 0 Å². The number of nitrogens with two attached hydrogens (primary N) is 1. The smallest absolute Gasteiger partial charge is 0.263 e. The molecule has 0 fully saturated rings. The molecule has 0 radical (unpaired) electrons. The van der Waals surface area contributed by atoms with E-state index >= 15 is 0 Å². The van der Waals surface area contributed by atoms with Crippen molar-refractivity contribution < 1.29 is 14.6 Å². The first-order chi connectivity index (χ1) is 10.7. The summed E-state index contributed by atoms with van der Waals surface area (Å²) in [6, 6.07) is 14.8. The van der Waals surface area contributed by atoms with Gasteiger partial charge < -0.3 is 15.6 Å². The summed E-state index contributed by atoms with van der Waals surface area (Å²) in [6.07, 6.45) is -0.322. The lowest BCUT2D eigenvalue weighted by molar-refractivity contribution is -0.125. The van der Waals surface area contributed by atoms with E-state index in [1.54, 1.807) is 6.07 Å². The van der Waals surface area contributed by atoms with Gasteiger partial charge in [-0.3, -0.25) is 4.79 Å². The molecule has 2 aromatic rings. The van der Waals surface area contributed by atoms with Crippen LogP contribution in [0.5, 0.6) is 0 Å². The number of aliphatic hydroxyl groups is 1. The second-order valence-electron chi connectivity index (χ2n) is 5.05. The van der Waals surface area contributed by atoms with Crippen molar-refractivity contribution in [2.75, 3.05) is 6.61 Å². The maximum absolute atomic E-state index is 11.7. The van der Waals surface area contributed by atoms with Crippen molar-refractivity contribution in [2.24, 2.45) is 10.7 Å². The Morgan fingerprint density at radius 3 is 2.68 bits per heavy atom. The minimum atomic E-state index is -0.856. The van der Waals surface area contributed by atoms with Crippen LogP contribution >= 0.6 is 0 Å². The zero-order valence-corrected chi connectivity index (χ0v) is 11.9. The molecule has 0 aliphatic carbocycles. The SMILES string of the molecule is NC(=O)C1OC(c2ccccc2)=Nc2cc(CCO)ccc21. The molecular formula is C17H16N2O3. The molecule has 0 bridgehead atoms. The van der Waals surface area contributed by atoms with Gasteiger partial charge in [-0.2, -0.15) is 0 Å². The van der Waals surface area contributed by atoms with Gasteiger partial charge in [0.1, 0.15) is 0 Å². The Hall–Kier alpha value is -2.66. The predicted molar refractivity (Wildman–Crippen MR) is 82.9 cm³/mol. The van der Waals surface area contributed by atoms with Crippen molar-refractivity contribution in [3.05, 3.63) is 65.2 Å². The molecule has 112 valence electrons. The highest BCUT2D eigenvalue weighted by Gasteiger charge is 2.29. The van der Waals surface area contributed by atoms with E-state index in [1.807, 2.05) is 42.5 Å². The van der Waals surface area contributed by atoms with Crippen LogP contribution in [0.2, 0.25) is 0 Å². The maximum atomic E-state index is 11.7. The van der Waals surface area contributed by atoms with Crippen LogP contribution < -0.4 is 5.73 Å². The van der Waals surface area contributed by atoms with Crippen molar-refractivity contribution in [3.8, 4) is 0 Å². The van der Waals surface area contributed by atoms with Crippen LogP contribution in [-0.2, 0) is 16.0 Å². The van der Waals surface area contributed by atoms with Gasteiger partial charge in [0, 0.05) is 17.7 Å². The number of nitrogens with zero attached hydrogens (tertiary/aromatic N) is 1. The molecule has 0 saturated carbocycles. The van der Waals surface area contributed by atoms with Gasteiger partial charge in [-0.1, -0.05) is 30.3 Å². The number of rotatable bonds is 4. The molecule has 5 heteroatoms. The molecule has 1 aliphatic heterocycles. The molecule has 1 aliphatic rings. The lowest BCUT2D eigenvalue weighted by Crippen LogP contribution is -2.28. The molecule has 1 unspecified atom stereocenters. The van der Waals surface area contributed by atoms with E-state index < -0.39 is 12.0 Å². The Morgan fingerprint density at radius 2 is 2.00 bits per heavy atom. The lowest BCUT2D eigenvalue weighted by atomic mass is 10.0. The molecule has 0 saturated heterocycles. The molecule has 3 rings (SSSR count). The van der Waals surface area contributed by atoms with E-state index in [9.17, 15) is 4.79 Å². The minimum Gasteiger partial charge on any atom is -0.459 e. The first-order valence-corrected chi connectivity index (χ1v) is 7.03.